The number of hydrogen-bond donors (Lipinski definition) is 2. The highest BCUT2D eigenvalue weighted by atomic mass is 32.1. The molecule has 0 aromatic carbocycles. The van der Waals surface area contributed by atoms with Crippen LogP contribution in [0.25, 0.3) is 0 Å². The lowest BCUT2D eigenvalue weighted by molar-refractivity contribution is -0.151. The second kappa shape index (κ2) is 6.76. The molecule has 128 valence electrons. The predicted octanol–water partition coefficient (Wildman–Crippen LogP) is 2.78. The van der Waals surface area contributed by atoms with Gasteiger partial charge in [-0.2, -0.15) is 0 Å². The Balaban J connectivity index is 1.80. The van der Waals surface area contributed by atoms with Gasteiger partial charge < -0.3 is 15.2 Å². The van der Waals surface area contributed by atoms with Crippen molar-refractivity contribution < 1.29 is 24.2 Å². The first-order valence-electron chi connectivity index (χ1n) is 7.99. The molecule has 1 fully saturated rings. The molecule has 4 unspecified atom stereocenters. The van der Waals surface area contributed by atoms with Crippen molar-refractivity contribution in [3.8, 4) is 0 Å². The summed E-state index contributed by atoms with van der Waals surface area (Å²) in [5.74, 6) is -3.25. The number of esters is 1. The van der Waals surface area contributed by atoms with Crippen LogP contribution in [0.3, 0.4) is 0 Å². The highest BCUT2D eigenvalue weighted by molar-refractivity contribution is 7.14. The van der Waals surface area contributed by atoms with Crippen molar-refractivity contribution in [2.75, 3.05) is 11.9 Å². The van der Waals surface area contributed by atoms with Crippen LogP contribution in [-0.4, -0.2) is 29.6 Å². The number of carboxylic acids is 1. The van der Waals surface area contributed by atoms with E-state index in [1.807, 2.05) is 12.2 Å². The lowest BCUT2D eigenvalue weighted by atomic mass is 9.62. The highest BCUT2D eigenvalue weighted by Crippen LogP contribution is 2.45. The second-order valence-corrected chi connectivity index (χ2v) is 6.97. The van der Waals surface area contributed by atoms with Crippen LogP contribution in [0.2, 0.25) is 0 Å². The molecule has 4 atom stereocenters. The lowest BCUT2D eigenvalue weighted by Gasteiger charge is -2.41. The van der Waals surface area contributed by atoms with Crippen molar-refractivity contribution in [3.05, 3.63) is 29.2 Å². The molecule has 6 nitrogen and oxygen atoms in total. The number of fused-ring (bicyclic) bond motifs is 2. The van der Waals surface area contributed by atoms with E-state index < -0.39 is 23.8 Å². The Kier molecular flexibility index (Phi) is 4.71. The van der Waals surface area contributed by atoms with Gasteiger partial charge in [-0.3, -0.25) is 9.59 Å². The number of hydrogen-bond acceptors (Lipinski definition) is 5. The Morgan fingerprint density at radius 1 is 1.25 bits per heavy atom. The van der Waals surface area contributed by atoms with Gasteiger partial charge in [0, 0.05) is 0 Å². The summed E-state index contributed by atoms with van der Waals surface area (Å²) in [6, 6.07) is 1.60. The molecule has 2 N–H and O–H groups in total. The van der Waals surface area contributed by atoms with E-state index in [4.69, 9.17) is 4.74 Å². The minimum Gasteiger partial charge on any atom is -0.481 e. The maximum Gasteiger partial charge on any atom is 0.341 e. The zero-order chi connectivity index (χ0) is 17.3. The smallest absolute Gasteiger partial charge is 0.341 e. The van der Waals surface area contributed by atoms with Crippen molar-refractivity contribution in [1.82, 2.24) is 0 Å². The lowest BCUT2D eigenvalue weighted by Crippen LogP contribution is -2.47. The van der Waals surface area contributed by atoms with Gasteiger partial charge in [-0.1, -0.05) is 12.2 Å². The van der Waals surface area contributed by atoms with E-state index in [2.05, 4.69) is 5.32 Å². The van der Waals surface area contributed by atoms with E-state index in [0.29, 0.717) is 10.6 Å². The number of carboxylic acid groups (broad SMARTS) is 1. The summed E-state index contributed by atoms with van der Waals surface area (Å²) < 4.78 is 4.97. The van der Waals surface area contributed by atoms with E-state index in [9.17, 15) is 19.5 Å². The topological polar surface area (TPSA) is 92.7 Å². The van der Waals surface area contributed by atoms with Crippen molar-refractivity contribution in [1.29, 1.82) is 0 Å². The summed E-state index contributed by atoms with van der Waals surface area (Å²) >= 11 is 1.23. The van der Waals surface area contributed by atoms with Gasteiger partial charge in [0.05, 0.1) is 24.0 Å². The Morgan fingerprint density at radius 3 is 2.50 bits per heavy atom. The molecule has 1 aromatic heterocycles. The third-order valence-corrected chi connectivity index (χ3v) is 5.56. The summed E-state index contributed by atoms with van der Waals surface area (Å²) in [6.45, 7) is 1.96. The predicted molar refractivity (Wildman–Crippen MR) is 88.9 cm³/mol. The van der Waals surface area contributed by atoms with Gasteiger partial charge in [0.2, 0.25) is 5.91 Å². The third-order valence-electron chi connectivity index (χ3n) is 4.73. The molecule has 4 rings (SSSR count). The fraction of sp³-hybridized carbons (Fsp3) is 0.471. The number of aliphatic carboxylic acids is 1. The second-order valence-electron chi connectivity index (χ2n) is 6.05. The number of carbonyl (C=O) groups is 3. The first-order valence-corrected chi connectivity index (χ1v) is 8.87. The molecule has 1 aromatic rings. The summed E-state index contributed by atoms with van der Waals surface area (Å²) in [4.78, 5) is 36.3. The molecule has 0 aliphatic heterocycles. The van der Waals surface area contributed by atoms with Crippen LogP contribution >= 0.6 is 11.3 Å². The summed E-state index contributed by atoms with van der Waals surface area (Å²) in [6.07, 6.45) is 5.50. The van der Waals surface area contributed by atoms with Gasteiger partial charge >= 0.3 is 11.9 Å². The zero-order valence-electron chi connectivity index (χ0n) is 13.2. The first kappa shape index (κ1) is 16.7. The zero-order valence-corrected chi connectivity index (χ0v) is 14.0. The summed E-state index contributed by atoms with van der Waals surface area (Å²) in [5, 5.41) is 14.4. The van der Waals surface area contributed by atoms with E-state index >= 15 is 0 Å². The Bertz CT molecular complexity index is 695. The largest absolute Gasteiger partial charge is 0.481 e. The molecule has 0 radical (unpaired) electrons. The Hall–Kier alpha value is -2.15. The average molecular weight is 349 g/mol. The van der Waals surface area contributed by atoms with Gasteiger partial charge in [0.1, 0.15) is 5.00 Å². The number of carbonyl (C=O) groups excluding carboxylic acids is 2. The molecular weight excluding hydrogens is 330 g/mol. The van der Waals surface area contributed by atoms with Gasteiger partial charge in [0.15, 0.2) is 0 Å². The number of ether oxygens (including phenoxy) is 1. The van der Waals surface area contributed by atoms with Gasteiger partial charge in [-0.15, -0.1) is 11.3 Å². The molecule has 1 heterocycles. The Labute approximate surface area is 143 Å². The summed E-state index contributed by atoms with van der Waals surface area (Å²) in [5.41, 5.74) is 0.304. The fourth-order valence-electron chi connectivity index (χ4n) is 3.66. The van der Waals surface area contributed by atoms with Crippen LogP contribution in [0, 0.1) is 23.7 Å². The maximum atomic E-state index is 12.7. The molecule has 3 aliphatic carbocycles. The van der Waals surface area contributed by atoms with Gasteiger partial charge in [-0.05, 0) is 43.0 Å². The first-order chi connectivity index (χ1) is 11.5. The SMILES string of the molecule is CCOC(=O)c1ccsc1NC(=O)C1C2C=CC(CC2)C1C(=O)O. The maximum absolute atomic E-state index is 12.7. The molecule has 0 spiro atoms. The molecule has 1 saturated carbocycles. The molecular formula is C17H19NO5S. The van der Waals surface area contributed by atoms with Crippen molar-refractivity contribution in [3.63, 3.8) is 0 Å². The van der Waals surface area contributed by atoms with Gasteiger partial charge in [0.25, 0.3) is 0 Å². The standard InChI is InChI=1S/C17H19NO5S/c1-2-23-17(22)11-7-8-24-15(11)18-14(19)12-9-3-5-10(6-4-9)13(12)16(20)21/h3,5,7-10,12-13H,2,4,6H2,1H3,(H,18,19)(H,20,21). The number of thiophene rings is 1. The van der Waals surface area contributed by atoms with Crippen LogP contribution in [0.1, 0.15) is 30.1 Å². The quantitative estimate of drug-likeness (QED) is 0.630. The monoisotopic (exact) mass is 349 g/mol. The number of anilines is 1. The van der Waals surface area contributed by atoms with Gasteiger partial charge in [-0.25, -0.2) is 4.79 Å². The molecule has 24 heavy (non-hydrogen) atoms. The number of nitrogens with one attached hydrogen (secondary N) is 1. The third kappa shape index (κ3) is 2.96. The Morgan fingerprint density at radius 2 is 1.92 bits per heavy atom. The van der Waals surface area contributed by atoms with E-state index in [0.717, 1.165) is 12.8 Å². The number of allylic oxidation sites excluding steroid dienone is 2. The molecule has 2 bridgehead atoms. The normalized spacial score (nSPS) is 27.7. The molecule has 3 aliphatic rings. The van der Waals surface area contributed by atoms with E-state index in [-0.39, 0.29) is 24.3 Å². The van der Waals surface area contributed by atoms with Crippen LogP contribution in [0.4, 0.5) is 5.00 Å². The van der Waals surface area contributed by atoms with Crippen LogP contribution < -0.4 is 5.32 Å². The average Bonchev–Trinajstić information content (AvgIpc) is 3.03. The fourth-order valence-corrected chi connectivity index (χ4v) is 4.44. The van der Waals surface area contributed by atoms with Crippen molar-refractivity contribution in [2.24, 2.45) is 23.7 Å². The van der Waals surface area contributed by atoms with Crippen LogP contribution in [0.5, 0.6) is 0 Å². The molecule has 0 saturated heterocycles. The molecule has 1 amide bonds. The van der Waals surface area contributed by atoms with Crippen molar-refractivity contribution >= 4 is 34.2 Å². The number of rotatable bonds is 5. The van der Waals surface area contributed by atoms with E-state index in [1.54, 1.807) is 18.4 Å². The van der Waals surface area contributed by atoms with Crippen LogP contribution in [-0.2, 0) is 14.3 Å². The minimum atomic E-state index is -0.939. The van der Waals surface area contributed by atoms with Crippen molar-refractivity contribution in [2.45, 2.75) is 19.8 Å². The highest BCUT2D eigenvalue weighted by Gasteiger charge is 2.48. The van der Waals surface area contributed by atoms with E-state index in [1.165, 1.54) is 11.3 Å². The summed E-state index contributed by atoms with van der Waals surface area (Å²) in [7, 11) is 0. The van der Waals surface area contributed by atoms with Crippen LogP contribution in [0.15, 0.2) is 23.6 Å². The number of amides is 1. The molecule has 7 heteroatoms. The minimum absolute atomic E-state index is 0.0675.